The lowest BCUT2D eigenvalue weighted by molar-refractivity contribution is 0.310. The maximum Gasteiger partial charge on any atom is 0.143 e. The molecule has 0 unspecified atom stereocenters. The van der Waals surface area contributed by atoms with Crippen LogP contribution in [0, 0.1) is 5.82 Å². The maximum absolute atomic E-state index is 13.9. The van der Waals surface area contributed by atoms with Gasteiger partial charge in [0.1, 0.15) is 18.2 Å². The van der Waals surface area contributed by atoms with Crippen LogP contribution in [-0.2, 0) is 13.0 Å². The number of benzene rings is 3. The Labute approximate surface area is 196 Å². The molecule has 0 aliphatic carbocycles. The van der Waals surface area contributed by atoms with Crippen molar-refractivity contribution in [2.45, 2.75) is 25.9 Å². The van der Waals surface area contributed by atoms with Crippen molar-refractivity contribution in [3.8, 4) is 5.75 Å². The number of fused-ring (bicyclic) bond motifs is 2. The molecule has 5 heteroatoms. The van der Waals surface area contributed by atoms with Gasteiger partial charge in [-0.05, 0) is 74.3 Å². The first-order valence-corrected chi connectivity index (χ1v) is 12.0. The van der Waals surface area contributed by atoms with E-state index in [9.17, 15) is 4.39 Å². The summed E-state index contributed by atoms with van der Waals surface area (Å²) in [5.74, 6) is 0.617. The molecule has 0 spiro atoms. The molecule has 0 amide bonds. The number of likely N-dealkylation sites (N-methyl/N-ethyl adjacent to an activating group) is 1. The van der Waals surface area contributed by atoms with Gasteiger partial charge in [-0.3, -0.25) is 0 Å². The van der Waals surface area contributed by atoms with Gasteiger partial charge in [-0.15, -0.1) is 0 Å². The molecule has 0 saturated carbocycles. The molecule has 3 aromatic rings. The Bertz CT molecular complexity index is 1080. The van der Waals surface area contributed by atoms with Gasteiger partial charge in [0.25, 0.3) is 0 Å². The van der Waals surface area contributed by atoms with Crippen molar-refractivity contribution in [1.29, 1.82) is 0 Å². The Morgan fingerprint density at radius 3 is 2.52 bits per heavy atom. The third-order valence-corrected chi connectivity index (χ3v) is 6.77. The summed E-state index contributed by atoms with van der Waals surface area (Å²) < 4.78 is 19.9. The number of rotatable bonds is 7. The molecule has 33 heavy (non-hydrogen) atoms. The first-order chi connectivity index (χ1) is 16.2. The fourth-order valence-electron chi connectivity index (χ4n) is 4.81. The molecule has 2 heterocycles. The lowest BCUT2D eigenvalue weighted by atomic mass is 10.1. The van der Waals surface area contributed by atoms with Crippen LogP contribution in [0.3, 0.4) is 0 Å². The highest BCUT2D eigenvalue weighted by Gasteiger charge is 2.22. The molecule has 0 bridgehead atoms. The van der Waals surface area contributed by atoms with E-state index in [1.54, 1.807) is 6.07 Å². The average molecular weight is 446 g/mol. The molecule has 2 aliphatic rings. The van der Waals surface area contributed by atoms with Gasteiger partial charge in [0, 0.05) is 49.7 Å². The van der Waals surface area contributed by atoms with Crippen LogP contribution in [0.15, 0.2) is 66.7 Å². The monoisotopic (exact) mass is 445 g/mol. The van der Waals surface area contributed by atoms with Crippen LogP contribution in [0.5, 0.6) is 5.75 Å². The summed E-state index contributed by atoms with van der Waals surface area (Å²) in [6, 6.07) is 22.2. The second-order valence-electron chi connectivity index (χ2n) is 9.09. The summed E-state index contributed by atoms with van der Waals surface area (Å²) in [5.41, 5.74) is 5.66. The third-order valence-electron chi connectivity index (χ3n) is 6.77. The Balaban J connectivity index is 1.22. The topological polar surface area (TPSA) is 19.0 Å². The molecule has 1 fully saturated rings. The fraction of sp³-hybridized carbons (Fsp3) is 0.357. The zero-order valence-corrected chi connectivity index (χ0v) is 19.3. The Morgan fingerprint density at radius 1 is 0.909 bits per heavy atom. The van der Waals surface area contributed by atoms with Gasteiger partial charge in [0.2, 0.25) is 0 Å². The van der Waals surface area contributed by atoms with Gasteiger partial charge in [-0.25, -0.2) is 4.39 Å². The van der Waals surface area contributed by atoms with Crippen molar-refractivity contribution >= 4 is 17.1 Å². The maximum atomic E-state index is 13.9. The number of ether oxygens (including phenoxy) is 1. The average Bonchev–Trinajstić information content (AvgIpc) is 3.33. The summed E-state index contributed by atoms with van der Waals surface area (Å²) in [5, 5.41) is 0. The van der Waals surface area contributed by atoms with Gasteiger partial charge in [0.05, 0.1) is 5.69 Å². The van der Waals surface area contributed by atoms with Crippen LogP contribution in [0.25, 0.3) is 0 Å². The van der Waals surface area contributed by atoms with Crippen LogP contribution in [0.2, 0.25) is 0 Å². The highest BCUT2D eigenvalue weighted by molar-refractivity contribution is 5.72. The summed E-state index contributed by atoms with van der Waals surface area (Å²) in [6.07, 6.45) is 3.64. The van der Waals surface area contributed by atoms with E-state index in [4.69, 9.17) is 4.74 Å². The zero-order valence-electron chi connectivity index (χ0n) is 19.3. The Morgan fingerprint density at radius 2 is 1.70 bits per heavy atom. The molecule has 0 N–H and O–H groups in total. The minimum absolute atomic E-state index is 0.226. The largest absolute Gasteiger partial charge is 0.487 e. The lowest BCUT2D eigenvalue weighted by Crippen LogP contribution is -2.32. The molecular weight excluding hydrogens is 413 g/mol. The SMILES string of the molecule is CN(CCc1ccc(N2CCCC2)cc1)CCN1c2ccc(F)cc2COc2ccccc21. The van der Waals surface area contributed by atoms with E-state index in [1.165, 1.54) is 43.2 Å². The van der Waals surface area contributed by atoms with Crippen LogP contribution in [0.1, 0.15) is 24.0 Å². The normalized spacial score (nSPS) is 15.2. The Hall–Kier alpha value is -3.05. The van der Waals surface area contributed by atoms with Gasteiger partial charge in [-0.1, -0.05) is 24.3 Å². The number of halogens is 1. The van der Waals surface area contributed by atoms with Crippen LogP contribution < -0.4 is 14.5 Å². The standard InChI is InChI=1S/C28H32FN3O/c1-30(17-14-22-8-11-25(12-9-22)31-15-4-5-16-31)18-19-32-26-13-10-24(29)20-23(26)21-33-28-7-3-2-6-27(28)32/h2-3,6-13,20H,4-5,14-19,21H2,1H3. The quantitative estimate of drug-likeness (QED) is 0.469. The summed E-state index contributed by atoms with van der Waals surface area (Å²) in [4.78, 5) is 7.10. The van der Waals surface area contributed by atoms with Crippen LogP contribution in [-0.4, -0.2) is 44.7 Å². The van der Waals surface area contributed by atoms with Crippen LogP contribution >= 0.6 is 0 Å². The smallest absolute Gasteiger partial charge is 0.143 e. The van der Waals surface area contributed by atoms with E-state index in [0.717, 1.165) is 48.7 Å². The number of hydrogen-bond donors (Lipinski definition) is 0. The predicted molar refractivity (Wildman–Crippen MR) is 133 cm³/mol. The minimum atomic E-state index is -0.226. The molecule has 4 nitrogen and oxygen atoms in total. The highest BCUT2D eigenvalue weighted by Crippen LogP contribution is 2.39. The Kier molecular flexibility index (Phi) is 6.49. The zero-order chi connectivity index (χ0) is 22.6. The van der Waals surface area contributed by atoms with Crippen LogP contribution in [0.4, 0.5) is 21.5 Å². The van der Waals surface area contributed by atoms with Crippen molar-refractivity contribution in [3.63, 3.8) is 0 Å². The second-order valence-corrected chi connectivity index (χ2v) is 9.09. The van der Waals surface area contributed by atoms with E-state index >= 15 is 0 Å². The predicted octanol–water partition coefficient (Wildman–Crippen LogP) is 5.63. The van der Waals surface area contributed by atoms with Gasteiger partial charge < -0.3 is 19.4 Å². The van der Waals surface area contributed by atoms with Crippen molar-refractivity contribution < 1.29 is 9.13 Å². The van der Waals surface area contributed by atoms with Crippen molar-refractivity contribution in [3.05, 3.63) is 83.7 Å². The number of anilines is 3. The van der Waals surface area contributed by atoms with Crippen molar-refractivity contribution in [2.24, 2.45) is 0 Å². The molecular formula is C28H32FN3O. The van der Waals surface area contributed by atoms with E-state index in [2.05, 4.69) is 52.1 Å². The third kappa shape index (κ3) is 4.98. The highest BCUT2D eigenvalue weighted by atomic mass is 19.1. The fourth-order valence-corrected chi connectivity index (χ4v) is 4.81. The first kappa shape index (κ1) is 21.8. The van der Waals surface area contributed by atoms with Gasteiger partial charge in [-0.2, -0.15) is 0 Å². The lowest BCUT2D eigenvalue weighted by Gasteiger charge is -2.28. The number of nitrogens with zero attached hydrogens (tertiary/aromatic N) is 3. The molecule has 5 rings (SSSR count). The first-order valence-electron chi connectivity index (χ1n) is 12.0. The van der Waals surface area contributed by atoms with E-state index in [-0.39, 0.29) is 5.82 Å². The minimum Gasteiger partial charge on any atom is -0.487 e. The van der Waals surface area contributed by atoms with E-state index in [0.29, 0.717) is 6.61 Å². The van der Waals surface area contributed by atoms with Gasteiger partial charge >= 0.3 is 0 Å². The number of hydrogen-bond acceptors (Lipinski definition) is 4. The molecule has 172 valence electrons. The van der Waals surface area contributed by atoms with E-state index < -0.39 is 0 Å². The molecule has 3 aromatic carbocycles. The molecule has 2 aliphatic heterocycles. The van der Waals surface area contributed by atoms with Crippen molar-refractivity contribution in [1.82, 2.24) is 4.90 Å². The van der Waals surface area contributed by atoms with Crippen molar-refractivity contribution in [2.75, 3.05) is 49.6 Å². The summed E-state index contributed by atoms with van der Waals surface area (Å²) in [7, 11) is 2.17. The second kappa shape index (κ2) is 9.84. The van der Waals surface area contributed by atoms with E-state index in [1.807, 2.05) is 24.3 Å². The molecule has 0 atom stereocenters. The molecule has 0 aromatic heterocycles. The van der Waals surface area contributed by atoms with Gasteiger partial charge in [0.15, 0.2) is 0 Å². The summed E-state index contributed by atoms with van der Waals surface area (Å²) >= 11 is 0. The molecule has 0 radical (unpaired) electrons. The summed E-state index contributed by atoms with van der Waals surface area (Å²) in [6.45, 7) is 5.45. The number of para-hydroxylation sites is 2. The molecule has 1 saturated heterocycles.